The van der Waals surface area contributed by atoms with Crippen LogP contribution in [0.15, 0.2) is 231 Å². The average molecular weight is 759 g/mol. The van der Waals surface area contributed by atoms with Crippen molar-refractivity contribution in [1.29, 1.82) is 0 Å². The predicted molar refractivity (Wildman–Crippen MR) is 259 cm³/mol. The molecule has 0 unspecified atom stereocenters. The number of fused-ring (bicyclic) bond motifs is 8. The van der Waals surface area contributed by atoms with Gasteiger partial charge in [0.1, 0.15) is 0 Å². The molecule has 0 amide bonds. The molecule has 0 bridgehead atoms. The van der Waals surface area contributed by atoms with Gasteiger partial charge < -0.3 is 0 Å². The molecule has 0 aromatic heterocycles. The quantitative estimate of drug-likeness (QED) is 0.153. The average Bonchev–Trinajstić information content (AvgIpc) is 3.33. The third-order valence-corrected chi connectivity index (χ3v) is 12.6. The molecule has 0 aliphatic rings. The van der Waals surface area contributed by atoms with E-state index >= 15 is 0 Å². The largest absolute Gasteiger partial charge is 0.0622 e. The lowest BCUT2D eigenvalue weighted by Gasteiger charge is -2.18. The minimum absolute atomic E-state index is 1.21. The standard InChI is InChI=1S/C60H38/c1-3-15-39(16-4-1)46-31-33-48(54-24-11-9-22-52(46)54)42-27-29-50-44(35-42)38-60(58-36-41-19-7-8-20-45(41)51-21-13-14-26-56(51)58)59-37-43(28-30-57(50)59)49-34-32-47(40-17-5-2-6-18-40)53-23-10-12-25-55(49)53/h1-38H. The zero-order valence-corrected chi connectivity index (χ0v) is 32.9. The summed E-state index contributed by atoms with van der Waals surface area (Å²) in [4.78, 5) is 0. The van der Waals surface area contributed by atoms with E-state index in [0.29, 0.717) is 0 Å². The smallest absolute Gasteiger partial charge is 0.00923 e. The predicted octanol–water partition coefficient (Wildman–Crippen LogP) is 16.9. The van der Waals surface area contributed by atoms with Crippen molar-refractivity contribution in [3.8, 4) is 55.6 Å². The van der Waals surface area contributed by atoms with Crippen molar-refractivity contribution < 1.29 is 0 Å². The number of hydrogen-bond donors (Lipinski definition) is 0. The fourth-order valence-corrected chi connectivity index (χ4v) is 9.84. The first-order chi connectivity index (χ1) is 29.8. The Morgan fingerprint density at radius 1 is 0.150 bits per heavy atom. The second-order valence-electron chi connectivity index (χ2n) is 16.0. The van der Waals surface area contributed by atoms with Gasteiger partial charge >= 0.3 is 0 Å². The van der Waals surface area contributed by atoms with Gasteiger partial charge in [0.2, 0.25) is 0 Å². The van der Waals surface area contributed by atoms with E-state index in [2.05, 4.69) is 231 Å². The van der Waals surface area contributed by atoms with Crippen LogP contribution in [0.1, 0.15) is 0 Å². The third-order valence-electron chi connectivity index (χ3n) is 12.6. The summed E-state index contributed by atoms with van der Waals surface area (Å²) < 4.78 is 0. The fourth-order valence-electron chi connectivity index (χ4n) is 9.84. The summed E-state index contributed by atoms with van der Waals surface area (Å²) in [6.07, 6.45) is 0. The Kier molecular flexibility index (Phi) is 7.96. The highest BCUT2D eigenvalue weighted by Gasteiger charge is 2.18. The van der Waals surface area contributed by atoms with Gasteiger partial charge in [0.25, 0.3) is 0 Å². The Labute approximate surface area is 349 Å². The van der Waals surface area contributed by atoms with Crippen molar-refractivity contribution in [2.45, 2.75) is 0 Å². The Bertz CT molecular complexity index is 3630. The normalized spacial score (nSPS) is 11.7. The zero-order valence-electron chi connectivity index (χ0n) is 32.9. The molecule has 0 nitrogen and oxygen atoms in total. The topological polar surface area (TPSA) is 0 Å². The van der Waals surface area contributed by atoms with E-state index in [4.69, 9.17) is 0 Å². The summed E-state index contributed by atoms with van der Waals surface area (Å²) in [5.74, 6) is 0. The van der Waals surface area contributed by atoms with Gasteiger partial charge in [-0.05, 0) is 145 Å². The van der Waals surface area contributed by atoms with Gasteiger partial charge in [-0.15, -0.1) is 0 Å². The molecule has 12 aromatic rings. The van der Waals surface area contributed by atoms with E-state index < -0.39 is 0 Å². The monoisotopic (exact) mass is 758 g/mol. The van der Waals surface area contributed by atoms with Crippen LogP contribution in [0.2, 0.25) is 0 Å². The van der Waals surface area contributed by atoms with Crippen LogP contribution in [0.4, 0.5) is 0 Å². The minimum Gasteiger partial charge on any atom is -0.0622 e. The molecule has 0 spiro atoms. The Balaban J connectivity index is 1.12. The lowest BCUT2D eigenvalue weighted by atomic mass is 9.85. The number of benzene rings is 12. The van der Waals surface area contributed by atoms with Crippen LogP contribution in [-0.2, 0) is 0 Å². The summed E-state index contributed by atoms with van der Waals surface area (Å²) >= 11 is 0. The van der Waals surface area contributed by atoms with Crippen molar-refractivity contribution in [3.05, 3.63) is 231 Å². The van der Waals surface area contributed by atoms with E-state index in [1.165, 1.54) is 120 Å². The highest BCUT2D eigenvalue weighted by molar-refractivity contribution is 6.21. The molecule has 0 aliphatic carbocycles. The van der Waals surface area contributed by atoms with Crippen molar-refractivity contribution in [1.82, 2.24) is 0 Å². The van der Waals surface area contributed by atoms with Crippen molar-refractivity contribution >= 4 is 64.6 Å². The maximum absolute atomic E-state index is 2.46. The molecule has 60 heavy (non-hydrogen) atoms. The molecule has 0 heterocycles. The molecule has 0 N–H and O–H groups in total. The van der Waals surface area contributed by atoms with Gasteiger partial charge in [-0.3, -0.25) is 0 Å². The molecule has 0 atom stereocenters. The van der Waals surface area contributed by atoms with Crippen molar-refractivity contribution in [2.24, 2.45) is 0 Å². The SMILES string of the molecule is c1ccc(-c2ccc(-c3ccc4c(c3)cc(-c3cc5ccccc5c5ccccc35)c3cc(-c5ccc(-c6ccccc6)c6ccccc56)ccc34)c3ccccc23)cc1. The number of rotatable bonds is 5. The molecule has 0 saturated heterocycles. The molecular weight excluding hydrogens is 721 g/mol. The maximum Gasteiger partial charge on any atom is -0.00923 e. The van der Waals surface area contributed by atoms with Crippen LogP contribution in [0.5, 0.6) is 0 Å². The Morgan fingerprint density at radius 2 is 0.500 bits per heavy atom. The first kappa shape index (κ1) is 34.3. The van der Waals surface area contributed by atoms with Crippen LogP contribution in [0, 0.1) is 0 Å². The third kappa shape index (κ3) is 5.53. The Morgan fingerprint density at radius 3 is 1.05 bits per heavy atom. The molecule has 0 aliphatic heterocycles. The highest BCUT2D eigenvalue weighted by atomic mass is 14.2. The summed E-state index contributed by atoms with van der Waals surface area (Å²) in [6.45, 7) is 0. The summed E-state index contributed by atoms with van der Waals surface area (Å²) in [7, 11) is 0. The van der Waals surface area contributed by atoms with E-state index in [9.17, 15) is 0 Å². The first-order valence-corrected chi connectivity index (χ1v) is 20.8. The first-order valence-electron chi connectivity index (χ1n) is 20.8. The van der Waals surface area contributed by atoms with Crippen LogP contribution >= 0.6 is 0 Å². The summed E-state index contributed by atoms with van der Waals surface area (Å²) in [5, 5.41) is 15.1. The highest BCUT2D eigenvalue weighted by Crippen LogP contribution is 2.45. The van der Waals surface area contributed by atoms with Crippen LogP contribution in [0.25, 0.3) is 120 Å². The molecule has 0 saturated carbocycles. The van der Waals surface area contributed by atoms with Crippen molar-refractivity contribution in [3.63, 3.8) is 0 Å². The second-order valence-corrected chi connectivity index (χ2v) is 16.0. The lowest BCUT2D eigenvalue weighted by molar-refractivity contribution is 1.63. The van der Waals surface area contributed by atoms with E-state index in [-0.39, 0.29) is 0 Å². The van der Waals surface area contributed by atoms with Gasteiger partial charge in [-0.2, -0.15) is 0 Å². The molecule has 0 fully saturated rings. The van der Waals surface area contributed by atoms with Crippen LogP contribution in [-0.4, -0.2) is 0 Å². The van der Waals surface area contributed by atoms with Gasteiger partial charge in [-0.25, -0.2) is 0 Å². The summed E-state index contributed by atoms with van der Waals surface area (Å²) in [5.41, 5.74) is 12.4. The van der Waals surface area contributed by atoms with Crippen molar-refractivity contribution in [2.75, 3.05) is 0 Å². The van der Waals surface area contributed by atoms with Gasteiger partial charge in [-0.1, -0.05) is 206 Å². The second kappa shape index (κ2) is 13.9. The van der Waals surface area contributed by atoms with E-state index in [1.54, 1.807) is 0 Å². The lowest BCUT2D eigenvalue weighted by Crippen LogP contribution is -1.91. The fraction of sp³-hybridized carbons (Fsp3) is 0. The molecular formula is C60H38. The Hall–Kier alpha value is -7.80. The summed E-state index contributed by atoms with van der Waals surface area (Å²) in [6, 6.07) is 85.2. The molecule has 0 heteroatoms. The number of hydrogen-bond acceptors (Lipinski definition) is 0. The molecule has 12 aromatic carbocycles. The van der Waals surface area contributed by atoms with E-state index in [1.807, 2.05) is 0 Å². The molecule has 12 rings (SSSR count). The maximum atomic E-state index is 2.46. The van der Waals surface area contributed by atoms with Gasteiger partial charge in [0, 0.05) is 0 Å². The van der Waals surface area contributed by atoms with Crippen LogP contribution in [0.3, 0.4) is 0 Å². The zero-order chi connectivity index (χ0) is 39.6. The van der Waals surface area contributed by atoms with Gasteiger partial charge in [0.05, 0.1) is 0 Å². The molecule has 0 radical (unpaired) electrons. The molecule has 278 valence electrons. The van der Waals surface area contributed by atoms with E-state index in [0.717, 1.165) is 0 Å². The van der Waals surface area contributed by atoms with Gasteiger partial charge in [0.15, 0.2) is 0 Å². The van der Waals surface area contributed by atoms with Crippen LogP contribution < -0.4 is 0 Å². The minimum atomic E-state index is 1.21.